The molecule has 0 aliphatic rings. The standard InChI is InChI=1S/C16H13BrN2O3/c1-18-14-7-5-11(9-15(14)19(21)22)6-8-16(20)12-3-2-4-13(17)10-12/h2-10,18H,1H3. The van der Waals surface area contributed by atoms with Crippen LogP contribution in [-0.2, 0) is 0 Å². The molecular formula is C16H13BrN2O3. The lowest BCUT2D eigenvalue weighted by Crippen LogP contribution is -1.97. The van der Waals surface area contributed by atoms with Crippen LogP contribution < -0.4 is 5.32 Å². The van der Waals surface area contributed by atoms with E-state index in [1.54, 1.807) is 43.5 Å². The topological polar surface area (TPSA) is 72.2 Å². The molecule has 22 heavy (non-hydrogen) atoms. The van der Waals surface area contributed by atoms with Crippen LogP contribution in [0.2, 0.25) is 0 Å². The Hall–Kier alpha value is -2.47. The molecule has 2 rings (SSSR count). The van der Waals surface area contributed by atoms with Gasteiger partial charge in [0.25, 0.3) is 5.69 Å². The largest absolute Gasteiger partial charge is 0.383 e. The first-order valence-corrected chi connectivity index (χ1v) is 7.24. The first-order chi connectivity index (χ1) is 10.5. The number of nitrogens with one attached hydrogen (secondary N) is 1. The molecule has 2 aromatic rings. The van der Waals surface area contributed by atoms with Gasteiger partial charge in [-0.25, -0.2) is 0 Å². The third-order valence-corrected chi connectivity index (χ3v) is 3.52. The minimum absolute atomic E-state index is 0.0282. The van der Waals surface area contributed by atoms with Crippen molar-refractivity contribution in [1.82, 2.24) is 0 Å². The van der Waals surface area contributed by atoms with Crippen molar-refractivity contribution in [1.29, 1.82) is 0 Å². The van der Waals surface area contributed by atoms with Crippen LogP contribution >= 0.6 is 15.9 Å². The Balaban J connectivity index is 2.25. The highest BCUT2D eigenvalue weighted by Gasteiger charge is 2.12. The molecule has 0 amide bonds. The van der Waals surface area contributed by atoms with Gasteiger partial charge >= 0.3 is 0 Å². The zero-order valence-electron chi connectivity index (χ0n) is 11.7. The summed E-state index contributed by atoms with van der Waals surface area (Å²) in [6.07, 6.45) is 2.97. The number of carbonyl (C=O) groups excluding carboxylic acids is 1. The van der Waals surface area contributed by atoms with Gasteiger partial charge in [0.15, 0.2) is 5.78 Å². The molecule has 0 heterocycles. The Morgan fingerprint density at radius 1 is 1.27 bits per heavy atom. The summed E-state index contributed by atoms with van der Waals surface area (Å²) < 4.78 is 0.820. The molecule has 0 aliphatic carbocycles. The molecule has 0 fully saturated rings. The van der Waals surface area contributed by atoms with Crippen molar-refractivity contribution in [2.24, 2.45) is 0 Å². The highest BCUT2D eigenvalue weighted by molar-refractivity contribution is 9.10. The molecule has 0 bridgehead atoms. The maximum absolute atomic E-state index is 12.1. The van der Waals surface area contributed by atoms with Gasteiger partial charge < -0.3 is 5.32 Å². The molecule has 0 aromatic heterocycles. The van der Waals surface area contributed by atoms with Crippen molar-refractivity contribution in [3.8, 4) is 0 Å². The van der Waals surface area contributed by atoms with Crippen LogP contribution in [0.4, 0.5) is 11.4 Å². The number of ketones is 1. The summed E-state index contributed by atoms with van der Waals surface area (Å²) >= 11 is 3.31. The molecule has 0 radical (unpaired) electrons. The Kier molecular flexibility index (Phi) is 5.06. The molecule has 2 aromatic carbocycles. The van der Waals surface area contributed by atoms with Crippen molar-refractivity contribution in [3.05, 3.63) is 74.3 Å². The van der Waals surface area contributed by atoms with Gasteiger partial charge in [0.2, 0.25) is 0 Å². The van der Waals surface area contributed by atoms with Crippen molar-refractivity contribution in [3.63, 3.8) is 0 Å². The highest BCUT2D eigenvalue weighted by Crippen LogP contribution is 2.25. The van der Waals surface area contributed by atoms with E-state index in [0.717, 1.165) is 4.47 Å². The summed E-state index contributed by atoms with van der Waals surface area (Å²) in [4.78, 5) is 22.6. The Morgan fingerprint density at radius 2 is 2.05 bits per heavy atom. The Labute approximate surface area is 135 Å². The molecule has 0 spiro atoms. The number of nitro benzene ring substituents is 1. The average Bonchev–Trinajstić information content (AvgIpc) is 2.52. The lowest BCUT2D eigenvalue weighted by molar-refractivity contribution is -0.383. The quantitative estimate of drug-likeness (QED) is 0.373. The van der Waals surface area contributed by atoms with Crippen molar-refractivity contribution in [2.45, 2.75) is 0 Å². The minimum Gasteiger partial charge on any atom is -0.383 e. The first-order valence-electron chi connectivity index (χ1n) is 6.45. The summed E-state index contributed by atoms with van der Waals surface area (Å²) in [7, 11) is 1.62. The van der Waals surface area contributed by atoms with Crippen LogP contribution in [0.25, 0.3) is 6.08 Å². The van der Waals surface area contributed by atoms with E-state index in [0.29, 0.717) is 16.8 Å². The van der Waals surface area contributed by atoms with Gasteiger partial charge in [-0.15, -0.1) is 0 Å². The lowest BCUT2D eigenvalue weighted by Gasteiger charge is -2.02. The number of rotatable bonds is 5. The van der Waals surface area contributed by atoms with Crippen molar-refractivity contribution >= 4 is 39.2 Å². The predicted octanol–water partition coefficient (Wildman–Crippen LogP) is 4.30. The molecular weight excluding hydrogens is 348 g/mol. The maximum Gasteiger partial charge on any atom is 0.292 e. The normalized spacial score (nSPS) is 10.6. The van der Waals surface area contributed by atoms with E-state index in [9.17, 15) is 14.9 Å². The van der Waals surface area contributed by atoms with Crippen LogP contribution in [0.1, 0.15) is 15.9 Å². The third kappa shape index (κ3) is 3.79. The fourth-order valence-electron chi connectivity index (χ4n) is 1.92. The van der Waals surface area contributed by atoms with Gasteiger partial charge in [-0.2, -0.15) is 0 Å². The van der Waals surface area contributed by atoms with E-state index >= 15 is 0 Å². The molecule has 1 N–H and O–H groups in total. The predicted molar refractivity (Wildman–Crippen MR) is 90.1 cm³/mol. The van der Waals surface area contributed by atoms with Crippen molar-refractivity contribution < 1.29 is 9.72 Å². The van der Waals surface area contributed by atoms with E-state index in [4.69, 9.17) is 0 Å². The first kappa shape index (κ1) is 15.9. The van der Waals surface area contributed by atoms with Gasteiger partial charge in [-0.1, -0.05) is 40.2 Å². The van der Waals surface area contributed by atoms with Crippen LogP contribution in [-0.4, -0.2) is 17.8 Å². The minimum atomic E-state index is -0.459. The maximum atomic E-state index is 12.1. The fraction of sp³-hybridized carbons (Fsp3) is 0.0625. The molecule has 0 saturated carbocycles. The van der Waals surface area contributed by atoms with Gasteiger partial charge in [-0.3, -0.25) is 14.9 Å². The third-order valence-electron chi connectivity index (χ3n) is 3.02. The van der Waals surface area contributed by atoms with Gasteiger partial charge in [0.05, 0.1) is 4.92 Å². The highest BCUT2D eigenvalue weighted by atomic mass is 79.9. The van der Waals surface area contributed by atoms with Crippen LogP contribution in [0, 0.1) is 10.1 Å². The second-order valence-corrected chi connectivity index (χ2v) is 5.41. The number of halogens is 1. The number of benzene rings is 2. The van der Waals surface area contributed by atoms with Crippen LogP contribution in [0.15, 0.2) is 53.0 Å². The molecule has 0 aliphatic heterocycles. The SMILES string of the molecule is CNc1ccc(C=CC(=O)c2cccc(Br)c2)cc1[N+](=O)[O-]. The van der Waals surface area contributed by atoms with Crippen molar-refractivity contribution in [2.75, 3.05) is 12.4 Å². The number of nitro groups is 1. The van der Waals surface area contributed by atoms with E-state index in [2.05, 4.69) is 21.2 Å². The lowest BCUT2D eigenvalue weighted by atomic mass is 10.1. The molecule has 0 saturated heterocycles. The summed E-state index contributed by atoms with van der Waals surface area (Å²) in [6.45, 7) is 0. The number of nitrogens with zero attached hydrogens (tertiary/aromatic N) is 1. The zero-order chi connectivity index (χ0) is 16.1. The number of hydrogen-bond donors (Lipinski definition) is 1. The number of carbonyl (C=O) groups is 1. The Morgan fingerprint density at radius 3 is 2.68 bits per heavy atom. The Bertz CT molecular complexity index is 757. The molecule has 5 nitrogen and oxygen atoms in total. The number of anilines is 1. The number of allylic oxidation sites excluding steroid dienone is 1. The smallest absolute Gasteiger partial charge is 0.292 e. The molecule has 112 valence electrons. The van der Waals surface area contributed by atoms with Crippen LogP contribution in [0.3, 0.4) is 0 Å². The van der Waals surface area contributed by atoms with Gasteiger partial charge in [0, 0.05) is 23.2 Å². The average molecular weight is 361 g/mol. The van der Waals surface area contributed by atoms with Gasteiger partial charge in [0.1, 0.15) is 5.69 Å². The van der Waals surface area contributed by atoms with Crippen LogP contribution in [0.5, 0.6) is 0 Å². The summed E-state index contributed by atoms with van der Waals surface area (Å²) in [5.41, 5.74) is 1.54. The monoisotopic (exact) mass is 360 g/mol. The molecule has 0 atom stereocenters. The number of hydrogen-bond acceptors (Lipinski definition) is 4. The van der Waals surface area contributed by atoms with E-state index < -0.39 is 4.92 Å². The van der Waals surface area contributed by atoms with E-state index in [-0.39, 0.29) is 11.5 Å². The van der Waals surface area contributed by atoms with E-state index in [1.165, 1.54) is 12.1 Å². The second-order valence-electron chi connectivity index (χ2n) is 4.49. The fourth-order valence-corrected chi connectivity index (χ4v) is 2.32. The van der Waals surface area contributed by atoms with E-state index in [1.807, 2.05) is 6.07 Å². The summed E-state index contributed by atoms with van der Waals surface area (Å²) in [5.74, 6) is -0.165. The van der Waals surface area contributed by atoms with Gasteiger partial charge in [-0.05, 0) is 29.8 Å². The molecule has 0 unspecified atom stereocenters. The summed E-state index contributed by atoms with van der Waals surface area (Å²) in [5, 5.41) is 13.8. The second kappa shape index (κ2) is 7.00. The summed E-state index contributed by atoms with van der Waals surface area (Å²) in [6, 6.07) is 11.8. The zero-order valence-corrected chi connectivity index (χ0v) is 13.3. The molecule has 6 heteroatoms.